The van der Waals surface area contributed by atoms with Gasteiger partial charge in [0.2, 0.25) is 17.7 Å². The van der Waals surface area contributed by atoms with E-state index in [-0.39, 0.29) is 36.7 Å². The van der Waals surface area contributed by atoms with Crippen molar-refractivity contribution in [3.05, 3.63) is 18.2 Å². The Hall–Kier alpha value is -2.77. The van der Waals surface area contributed by atoms with Crippen LogP contribution in [0.25, 0.3) is 0 Å². The molecule has 0 spiro atoms. The zero-order valence-corrected chi connectivity index (χ0v) is 18.6. The van der Waals surface area contributed by atoms with E-state index in [1.54, 1.807) is 37.1 Å². The number of methoxy groups -OCH3 is 2. The Morgan fingerprint density at radius 3 is 2.45 bits per heavy atom. The fourth-order valence-corrected chi connectivity index (χ4v) is 4.27. The number of carbonyl (C=O) groups is 3. The molecule has 170 valence electrons. The number of hydrogen-bond donors (Lipinski definition) is 2. The van der Waals surface area contributed by atoms with Gasteiger partial charge in [0.25, 0.3) is 0 Å². The SMILES string of the molecule is COc1ccc(OC)c(N2CC(C(=O)NC(C)C(=O)NC3CCCCCC3)CC2=O)c1. The van der Waals surface area contributed by atoms with Gasteiger partial charge in [-0.1, -0.05) is 25.7 Å². The van der Waals surface area contributed by atoms with Crippen molar-refractivity contribution >= 4 is 23.4 Å². The zero-order valence-electron chi connectivity index (χ0n) is 18.6. The van der Waals surface area contributed by atoms with Gasteiger partial charge in [0.1, 0.15) is 17.5 Å². The first-order valence-electron chi connectivity index (χ1n) is 11.1. The summed E-state index contributed by atoms with van der Waals surface area (Å²) in [6, 6.07) is 4.74. The predicted octanol–water partition coefficient (Wildman–Crippen LogP) is 2.40. The lowest BCUT2D eigenvalue weighted by Gasteiger charge is -2.22. The number of anilines is 1. The van der Waals surface area contributed by atoms with Crippen LogP contribution < -0.4 is 25.0 Å². The van der Waals surface area contributed by atoms with Crippen LogP contribution in [0.1, 0.15) is 51.9 Å². The highest BCUT2D eigenvalue weighted by Crippen LogP contribution is 2.36. The number of amides is 3. The lowest BCUT2D eigenvalue weighted by atomic mass is 10.1. The minimum absolute atomic E-state index is 0.0865. The summed E-state index contributed by atoms with van der Waals surface area (Å²) in [7, 11) is 3.08. The van der Waals surface area contributed by atoms with E-state index in [2.05, 4.69) is 10.6 Å². The van der Waals surface area contributed by atoms with Crippen LogP contribution in [0.3, 0.4) is 0 Å². The van der Waals surface area contributed by atoms with Gasteiger partial charge in [-0.2, -0.15) is 0 Å². The Morgan fingerprint density at radius 2 is 1.81 bits per heavy atom. The molecular weight excluding hydrogens is 398 g/mol. The number of nitrogens with one attached hydrogen (secondary N) is 2. The van der Waals surface area contributed by atoms with Crippen molar-refractivity contribution < 1.29 is 23.9 Å². The highest BCUT2D eigenvalue weighted by atomic mass is 16.5. The molecule has 2 aliphatic rings. The summed E-state index contributed by atoms with van der Waals surface area (Å²) in [4.78, 5) is 39.5. The van der Waals surface area contributed by atoms with Crippen LogP contribution in [0.5, 0.6) is 11.5 Å². The van der Waals surface area contributed by atoms with Gasteiger partial charge in [-0.3, -0.25) is 14.4 Å². The average Bonchev–Trinajstić information content (AvgIpc) is 2.98. The zero-order chi connectivity index (χ0) is 22.4. The maximum atomic E-state index is 12.8. The number of hydrogen-bond acceptors (Lipinski definition) is 5. The summed E-state index contributed by atoms with van der Waals surface area (Å²) in [5, 5.41) is 5.85. The summed E-state index contributed by atoms with van der Waals surface area (Å²) in [6.07, 6.45) is 6.73. The van der Waals surface area contributed by atoms with Crippen molar-refractivity contribution in [3.63, 3.8) is 0 Å². The van der Waals surface area contributed by atoms with Crippen molar-refractivity contribution in [3.8, 4) is 11.5 Å². The maximum absolute atomic E-state index is 12.8. The minimum Gasteiger partial charge on any atom is -0.497 e. The van der Waals surface area contributed by atoms with Crippen LogP contribution in [0.2, 0.25) is 0 Å². The van der Waals surface area contributed by atoms with Crippen LogP contribution in [0.15, 0.2) is 18.2 Å². The molecule has 1 saturated heterocycles. The molecule has 3 amide bonds. The Morgan fingerprint density at radius 1 is 1.10 bits per heavy atom. The first-order valence-corrected chi connectivity index (χ1v) is 11.1. The third-order valence-corrected chi connectivity index (χ3v) is 6.13. The molecule has 1 aromatic carbocycles. The lowest BCUT2D eigenvalue weighted by molar-refractivity contribution is -0.131. The number of carbonyl (C=O) groups excluding carboxylic acids is 3. The molecule has 1 aliphatic heterocycles. The summed E-state index contributed by atoms with van der Waals surface area (Å²) in [5.41, 5.74) is 0.571. The smallest absolute Gasteiger partial charge is 0.242 e. The molecule has 3 rings (SSSR count). The lowest BCUT2D eigenvalue weighted by Crippen LogP contribution is -2.49. The van der Waals surface area contributed by atoms with Crippen molar-refractivity contribution in [2.24, 2.45) is 5.92 Å². The van der Waals surface area contributed by atoms with Gasteiger partial charge in [-0.05, 0) is 31.9 Å². The van der Waals surface area contributed by atoms with E-state index in [1.807, 2.05) is 0 Å². The first-order chi connectivity index (χ1) is 14.9. The van der Waals surface area contributed by atoms with Crippen molar-refractivity contribution in [1.82, 2.24) is 10.6 Å². The van der Waals surface area contributed by atoms with Crippen LogP contribution in [0, 0.1) is 5.92 Å². The standard InChI is InChI=1S/C23H33N3O5/c1-15(22(28)25-17-8-6-4-5-7-9-17)24-23(29)16-12-21(27)26(14-16)19-13-18(30-2)10-11-20(19)31-3/h10-11,13,15-17H,4-9,12,14H2,1-3H3,(H,24,29)(H,25,28). The van der Waals surface area contributed by atoms with Crippen molar-refractivity contribution in [1.29, 1.82) is 0 Å². The van der Waals surface area contributed by atoms with Gasteiger partial charge in [0.15, 0.2) is 0 Å². The predicted molar refractivity (Wildman–Crippen MR) is 117 cm³/mol. The van der Waals surface area contributed by atoms with E-state index < -0.39 is 12.0 Å². The maximum Gasteiger partial charge on any atom is 0.242 e. The molecule has 8 heteroatoms. The van der Waals surface area contributed by atoms with E-state index >= 15 is 0 Å². The normalized spacial score (nSPS) is 20.7. The van der Waals surface area contributed by atoms with Gasteiger partial charge in [-0.25, -0.2) is 0 Å². The molecule has 1 aromatic rings. The van der Waals surface area contributed by atoms with Gasteiger partial charge >= 0.3 is 0 Å². The monoisotopic (exact) mass is 431 g/mol. The molecule has 2 fully saturated rings. The molecule has 2 N–H and O–H groups in total. The average molecular weight is 432 g/mol. The van der Waals surface area contributed by atoms with Gasteiger partial charge < -0.3 is 25.0 Å². The van der Waals surface area contributed by atoms with E-state index in [0.717, 1.165) is 25.7 Å². The van der Waals surface area contributed by atoms with Gasteiger partial charge in [0.05, 0.1) is 25.8 Å². The highest BCUT2D eigenvalue weighted by molar-refractivity contribution is 6.02. The second-order valence-corrected chi connectivity index (χ2v) is 8.37. The molecule has 0 bridgehead atoms. The van der Waals surface area contributed by atoms with Crippen molar-refractivity contribution in [2.75, 3.05) is 25.7 Å². The minimum atomic E-state index is -0.647. The van der Waals surface area contributed by atoms with E-state index in [9.17, 15) is 14.4 Å². The van der Waals surface area contributed by atoms with Crippen LogP contribution in [0.4, 0.5) is 5.69 Å². The van der Waals surface area contributed by atoms with Gasteiger partial charge in [-0.15, -0.1) is 0 Å². The summed E-state index contributed by atoms with van der Waals surface area (Å²) < 4.78 is 10.6. The number of rotatable bonds is 7. The molecule has 2 atom stereocenters. The molecule has 31 heavy (non-hydrogen) atoms. The molecule has 1 saturated carbocycles. The van der Waals surface area contributed by atoms with E-state index in [4.69, 9.17) is 9.47 Å². The van der Waals surface area contributed by atoms with Gasteiger partial charge in [0, 0.05) is 25.1 Å². The Kier molecular flexibility index (Phi) is 7.76. The summed E-state index contributed by atoms with van der Waals surface area (Å²) in [5.74, 6) is -0.0254. The van der Waals surface area contributed by atoms with Crippen LogP contribution >= 0.6 is 0 Å². The van der Waals surface area contributed by atoms with Crippen molar-refractivity contribution in [2.45, 2.75) is 64.0 Å². The molecule has 2 unspecified atom stereocenters. The summed E-state index contributed by atoms with van der Waals surface area (Å²) in [6.45, 7) is 1.91. The molecule has 8 nitrogen and oxygen atoms in total. The molecule has 0 radical (unpaired) electrons. The number of nitrogens with zero attached hydrogens (tertiary/aromatic N) is 1. The second-order valence-electron chi connectivity index (χ2n) is 8.37. The van der Waals surface area contributed by atoms with Crippen LogP contribution in [-0.4, -0.2) is 50.6 Å². The molecule has 0 aromatic heterocycles. The van der Waals surface area contributed by atoms with Crippen LogP contribution in [-0.2, 0) is 14.4 Å². The van der Waals surface area contributed by atoms with E-state index in [0.29, 0.717) is 17.2 Å². The first kappa shape index (κ1) is 22.9. The Labute approximate surface area is 183 Å². The van der Waals surface area contributed by atoms with E-state index in [1.165, 1.54) is 20.0 Å². The third-order valence-electron chi connectivity index (χ3n) is 6.13. The topological polar surface area (TPSA) is 97.0 Å². The molecule has 1 aliphatic carbocycles. The largest absolute Gasteiger partial charge is 0.497 e. The molecule has 1 heterocycles. The quantitative estimate of drug-likeness (QED) is 0.646. The Bertz CT molecular complexity index is 804. The number of benzene rings is 1. The molecular formula is C23H33N3O5. The Balaban J connectivity index is 1.59. The third kappa shape index (κ3) is 5.68. The fourth-order valence-electron chi connectivity index (χ4n) is 4.27. The second kappa shape index (κ2) is 10.5. The highest BCUT2D eigenvalue weighted by Gasteiger charge is 2.37. The fraction of sp³-hybridized carbons (Fsp3) is 0.609. The summed E-state index contributed by atoms with van der Waals surface area (Å²) >= 11 is 0. The number of ether oxygens (including phenoxy) is 2.